The molecule has 0 aromatic heterocycles. The van der Waals surface area contributed by atoms with Crippen LogP contribution in [0.1, 0.15) is 30.0 Å². The van der Waals surface area contributed by atoms with Crippen LogP contribution in [-0.4, -0.2) is 22.3 Å². The van der Waals surface area contributed by atoms with Gasteiger partial charge in [0.15, 0.2) is 0 Å². The zero-order chi connectivity index (χ0) is 17.1. The van der Waals surface area contributed by atoms with E-state index in [0.717, 1.165) is 22.9 Å². The highest BCUT2D eigenvalue weighted by atomic mass is 79.9. The number of para-hydroxylation sites is 1. The van der Waals surface area contributed by atoms with Gasteiger partial charge in [-0.25, -0.2) is 0 Å². The Labute approximate surface area is 148 Å². The monoisotopic (exact) mass is 388 g/mol. The third-order valence-corrected chi connectivity index (χ3v) is 4.83. The van der Waals surface area contributed by atoms with E-state index >= 15 is 0 Å². The molecule has 2 aromatic rings. The van der Waals surface area contributed by atoms with Crippen molar-refractivity contribution in [3.05, 3.63) is 74.2 Å². The Hall–Kier alpha value is -2.21. The van der Waals surface area contributed by atoms with Crippen LogP contribution in [0.25, 0.3) is 0 Å². The van der Waals surface area contributed by atoms with E-state index in [1.807, 2.05) is 29.2 Å². The highest BCUT2D eigenvalue weighted by molar-refractivity contribution is 9.10. The number of nitrogens with zero attached hydrogens (tertiary/aromatic N) is 2. The zero-order valence-electron chi connectivity index (χ0n) is 13.0. The number of carbonyl (C=O) groups excluding carboxylic acids is 1. The molecule has 1 aliphatic rings. The Kier molecular flexibility index (Phi) is 4.94. The third-order valence-electron chi connectivity index (χ3n) is 4.34. The maximum absolute atomic E-state index is 12.7. The van der Waals surface area contributed by atoms with E-state index in [2.05, 4.69) is 15.9 Å². The van der Waals surface area contributed by atoms with Gasteiger partial charge in [-0.1, -0.05) is 46.3 Å². The second-order valence-corrected chi connectivity index (χ2v) is 6.78. The van der Waals surface area contributed by atoms with Crippen LogP contribution in [0, 0.1) is 10.1 Å². The summed E-state index contributed by atoms with van der Waals surface area (Å²) in [5.41, 5.74) is 1.56. The summed E-state index contributed by atoms with van der Waals surface area (Å²) < 4.78 is 0.984. The van der Waals surface area contributed by atoms with Crippen LogP contribution in [0.2, 0.25) is 0 Å². The zero-order valence-corrected chi connectivity index (χ0v) is 14.6. The molecule has 0 radical (unpaired) electrons. The fourth-order valence-corrected chi connectivity index (χ4v) is 3.65. The fraction of sp³-hybridized carbons (Fsp3) is 0.278. The summed E-state index contributed by atoms with van der Waals surface area (Å²) in [6, 6.07) is 14.4. The molecule has 1 aliphatic heterocycles. The third kappa shape index (κ3) is 3.48. The Balaban J connectivity index is 1.81. The molecule has 1 unspecified atom stereocenters. The molecular formula is C18H17BrN2O3. The molecule has 0 N–H and O–H groups in total. The number of rotatable bonds is 4. The lowest BCUT2D eigenvalue weighted by atomic mass is 10.0. The van der Waals surface area contributed by atoms with Crippen LogP contribution in [0.15, 0.2) is 53.0 Å². The van der Waals surface area contributed by atoms with Crippen molar-refractivity contribution in [2.75, 3.05) is 6.54 Å². The summed E-state index contributed by atoms with van der Waals surface area (Å²) in [5, 5.41) is 11.1. The molecule has 2 aromatic carbocycles. The van der Waals surface area contributed by atoms with Gasteiger partial charge in [-0.15, -0.1) is 0 Å². The Bertz CT molecular complexity index is 778. The number of hydrogen-bond donors (Lipinski definition) is 0. The number of carbonyl (C=O) groups is 1. The van der Waals surface area contributed by atoms with Gasteiger partial charge in [0.25, 0.3) is 5.69 Å². The van der Waals surface area contributed by atoms with Crippen LogP contribution >= 0.6 is 15.9 Å². The minimum atomic E-state index is -0.432. The van der Waals surface area contributed by atoms with E-state index in [9.17, 15) is 14.9 Å². The van der Waals surface area contributed by atoms with Gasteiger partial charge in [0.05, 0.1) is 17.4 Å². The predicted molar refractivity (Wildman–Crippen MR) is 94.6 cm³/mol. The van der Waals surface area contributed by atoms with Crippen LogP contribution < -0.4 is 0 Å². The first-order chi connectivity index (χ1) is 11.6. The minimum Gasteiger partial charge on any atom is -0.335 e. The second-order valence-electron chi connectivity index (χ2n) is 5.86. The topological polar surface area (TPSA) is 63.4 Å². The largest absolute Gasteiger partial charge is 0.335 e. The molecule has 1 fully saturated rings. The number of nitro benzene ring substituents is 1. The second kappa shape index (κ2) is 7.13. The molecule has 0 aliphatic carbocycles. The lowest BCUT2D eigenvalue weighted by Crippen LogP contribution is -2.32. The van der Waals surface area contributed by atoms with Gasteiger partial charge in [-0.3, -0.25) is 14.9 Å². The Morgan fingerprint density at radius 3 is 2.79 bits per heavy atom. The summed E-state index contributed by atoms with van der Waals surface area (Å²) in [5.74, 6) is -0.0632. The van der Waals surface area contributed by atoms with Crippen molar-refractivity contribution >= 4 is 27.5 Å². The van der Waals surface area contributed by atoms with Crippen LogP contribution in [0.3, 0.4) is 0 Å². The van der Waals surface area contributed by atoms with E-state index < -0.39 is 4.92 Å². The van der Waals surface area contributed by atoms with Crippen molar-refractivity contribution in [3.8, 4) is 0 Å². The summed E-state index contributed by atoms with van der Waals surface area (Å²) in [6.07, 6.45) is 1.92. The van der Waals surface area contributed by atoms with Gasteiger partial charge in [0.2, 0.25) is 5.91 Å². The normalized spacial score (nSPS) is 17.0. The SMILES string of the molecule is O=C(Cc1ccccc1[N+](=O)[O-])N1CCCC1c1cccc(Br)c1. The number of halogens is 1. The van der Waals surface area contributed by atoms with Crippen molar-refractivity contribution < 1.29 is 9.72 Å². The molecule has 1 saturated heterocycles. The first kappa shape index (κ1) is 16.6. The molecule has 0 bridgehead atoms. The highest BCUT2D eigenvalue weighted by Crippen LogP contribution is 2.34. The van der Waals surface area contributed by atoms with E-state index in [0.29, 0.717) is 12.1 Å². The van der Waals surface area contributed by atoms with Gasteiger partial charge in [0, 0.05) is 22.6 Å². The molecule has 124 valence electrons. The molecule has 0 saturated carbocycles. The van der Waals surface area contributed by atoms with Crippen molar-refractivity contribution in [1.29, 1.82) is 0 Å². The first-order valence-corrected chi connectivity index (χ1v) is 8.63. The van der Waals surface area contributed by atoms with Gasteiger partial charge >= 0.3 is 0 Å². The van der Waals surface area contributed by atoms with Gasteiger partial charge in [0.1, 0.15) is 0 Å². The maximum atomic E-state index is 12.7. The Morgan fingerprint density at radius 1 is 1.25 bits per heavy atom. The summed E-state index contributed by atoms with van der Waals surface area (Å²) in [4.78, 5) is 25.3. The average molecular weight is 389 g/mol. The van der Waals surface area contributed by atoms with Crippen molar-refractivity contribution in [2.24, 2.45) is 0 Å². The number of amides is 1. The van der Waals surface area contributed by atoms with E-state index in [4.69, 9.17) is 0 Å². The predicted octanol–water partition coefficient (Wildman–Crippen LogP) is 4.26. The molecule has 24 heavy (non-hydrogen) atoms. The fourth-order valence-electron chi connectivity index (χ4n) is 3.23. The number of nitro groups is 1. The van der Waals surface area contributed by atoms with Gasteiger partial charge < -0.3 is 4.90 Å². The van der Waals surface area contributed by atoms with Gasteiger partial charge in [-0.2, -0.15) is 0 Å². The minimum absolute atomic E-state index is 0.00375. The molecule has 3 rings (SSSR count). The van der Waals surface area contributed by atoms with Crippen molar-refractivity contribution in [2.45, 2.75) is 25.3 Å². The maximum Gasteiger partial charge on any atom is 0.273 e. The van der Waals surface area contributed by atoms with Crippen LogP contribution in [0.5, 0.6) is 0 Å². The lowest BCUT2D eigenvalue weighted by molar-refractivity contribution is -0.385. The summed E-state index contributed by atoms with van der Waals surface area (Å²) in [6.45, 7) is 0.691. The smallest absolute Gasteiger partial charge is 0.273 e. The van der Waals surface area contributed by atoms with E-state index in [1.165, 1.54) is 6.07 Å². The molecule has 1 heterocycles. The molecule has 5 nitrogen and oxygen atoms in total. The standard InChI is InChI=1S/C18H17BrN2O3/c19-15-7-3-6-13(11-15)16-9-4-10-20(16)18(22)12-14-5-1-2-8-17(14)21(23)24/h1-3,5-8,11,16H,4,9-10,12H2. The van der Waals surface area contributed by atoms with E-state index in [1.54, 1.807) is 18.2 Å². The van der Waals surface area contributed by atoms with Crippen molar-refractivity contribution in [1.82, 2.24) is 4.90 Å². The summed E-state index contributed by atoms with van der Waals surface area (Å²) >= 11 is 3.47. The average Bonchev–Trinajstić information content (AvgIpc) is 3.05. The molecular weight excluding hydrogens is 372 g/mol. The molecule has 1 amide bonds. The van der Waals surface area contributed by atoms with Crippen molar-refractivity contribution in [3.63, 3.8) is 0 Å². The van der Waals surface area contributed by atoms with Crippen LogP contribution in [0.4, 0.5) is 5.69 Å². The number of hydrogen-bond acceptors (Lipinski definition) is 3. The first-order valence-electron chi connectivity index (χ1n) is 7.83. The molecule has 6 heteroatoms. The quantitative estimate of drug-likeness (QED) is 0.580. The molecule has 1 atom stereocenters. The van der Waals surface area contributed by atoms with E-state index in [-0.39, 0.29) is 24.1 Å². The summed E-state index contributed by atoms with van der Waals surface area (Å²) in [7, 11) is 0. The Morgan fingerprint density at radius 2 is 2.04 bits per heavy atom. The molecule has 0 spiro atoms. The van der Waals surface area contributed by atoms with Gasteiger partial charge in [-0.05, 0) is 30.5 Å². The number of likely N-dealkylation sites (tertiary alicyclic amines) is 1. The highest BCUT2D eigenvalue weighted by Gasteiger charge is 2.30. The lowest BCUT2D eigenvalue weighted by Gasteiger charge is -2.25. The van der Waals surface area contributed by atoms with Crippen LogP contribution in [-0.2, 0) is 11.2 Å². The number of benzene rings is 2.